The number of carboxylic acids is 2. The summed E-state index contributed by atoms with van der Waals surface area (Å²) in [6, 6.07) is 0. The van der Waals surface area contributed by atoms with Gasteiger partial charge in [-0.2, -0.15) is 10.1 Å². The van der Waals surface area contributed by atoms with Crippen molar-refractivity contribution in [3.63, 3.8) is 0 Å². The van der Waals surface area contributed by atoms with Crippen LogP contribution in [0.25, 0.3) is 0 Å². The van der Waals surface area contributed by atoms with Crippen molar-refractivity contribution in [1.29, 1.82) is 0 Å². The summed E-state index contributed by atoms with van der Waals surface area (Å²) in [6.45, 7) is 16.3. The van der Waals surface area contributed by atoms with Gasteiger partial charge in [0.15, 0.2) is 0 Å². The minimum atomic E-state index is -0.702. The Morgan fingerprint density at radius 3 is 1.19 bits per heavy atom. The van der Waals surface area contributed by atoms with E-state index in [1.54, 1.807) is 14.2 Å². The Kier molecular flexibility index (Phi) is 9.63. The highest BCUT2D eigenvalue weighted by molar-refractivity contribution is 5.71. The molecule has 2 rings (SSSR count). The van der Waals surface area contributed by atoms with Crippen LogP contribution in [-0.4, -0.2) is 73.4 Å². The van der Waals surface area contributed by atoms with E-state index in [-0.39, 0.29) is 41.4 Å². The lowest BCUT2D eigenvalue weighted by molar-refractivity contribution is -0.271. The second-order valence-corrected chi connectivity index (χ2v) is 11.1. The van der Waals surface area contributed by atoms with Crippen molar-refractivity contribution in [3.8, 4) is 0 Å². The molecule has 0 bridgehead atoms. The largest absolute Gasteiger partial charge is 0.483 e. The Labute approximate surface area is 188 Å². The molecule has 2 aliphatic heterocycles. The number of carboxylic acid groups (broad SMARTS) is 2. The van der Waals surface area contributed by atoms with Crippen LogP contribution in [0.1, 0.15) is 81.1 Å². The fourth-order valence-electron chi connectivity index (χ4n) is 5.87. The highest BCUT2D eigenvalue weighted by Gasteiger charge is 2.50. The molecule has 2 heterocycles. The van der Waals surface area contributed by atoms with Gasteiger partial charge in [0.25, 0.3) is 0 Å². The summed E-state index contributed by atoms with van der Waals surface area (Å²) < 4.78 is 0. The average Bonchev–Trinajstić information content (AvgIpc) is 2.51. The summed E-state index contributed by atoms with van der Waals surface area (Å²) in [5, 5.41) is 22.2. The van der Waals surface area contributed by atoms with E-state index in [1.807, 2.05) is 65.5 Å². The number of aliphatic hydroxyl groups excluding tert-OH is 1. The number of nitrogens with zero attached hydrogens (tertiary/aromatic N) is 2. The highest BCUT2D eigenvalue weighted by Crippen LogP contribution is 2.42. The van der Waals surface area contributed by atoms with Crippen molar-refractivity contribution >= 4 is 11.9 Å². The van der Waals surface area contributed by atoms with E-state index in [0.717, 1.165) is 0 Å². The molecule has 0 spiro atoms. The Bertz CT molecular complexity index is 540. The topological polar surface area (TPSA) is 104 Å². The van der Waals surface area contributed by atoms with E-state index in [2.05, 4.69) is 0 Å². The molecule has 0 radical (unpaired) electrons. The van der Waals surface area contributed by atoms with Crippen molar-refractivity contribution in [2.75, 3.05) is 14.2 Å². The zero-order valence-corrected chi connectivity index (χ0v) is 21.4. The molecule has 0 unspecified atom stereocenters. The number of piperidine rings is 2. The molecular formula is C23H46N2O6+2. The first-order valence-electron chi connectivity index (χ1n) is 10.6. The summed E-state index contributed by atoms with van der Waals surface area (Å²) in [5.74, 6) is -1.60. The zero-order chi connectivity index (χ0) is 23.7. The van der Waals surface area contributed by atoms with E-state index in [4.69, 9.17) is 14.8 Å². The van der Waals surface area contributed by atoms with Gasteiger partial charge < -0.3 is 24.7 Å². The van der Waals surface area contributed by atoms with Crippen molar-refractivity contribution in [3.05, 3.63) is 7.43 Å². The number of carbonyl (C=O) groups is 1. The molecule has 2 fully saturated rings. The summed E-state index contributed by atoms with van der Waals surface area (Å²) in [7, 11) is 3.30. The Balaban J connectivity index is 0.000000562. The zero-order valence-electron chi connectivity index (χ0n) is 21.4. The van der Waals surface area contributed by atoms with E-state index in [9.17, 15) is 14.7 Å². The normalized spacial score (nSPS) is 25.6. The molecule has 0 amide bonds. The maximum atomic E-state index is 11.1. The van der Waals surface area contributed by atoms with Gasteiger partial charge in [-0.15, -0.1) is 0 Å². The molecule has 2 saturated heterocycles. The number of rotatable bonds is 4. The molecule has 0 atom stereocenters. The molecule has 2 aliphatic rings. The fourth-order valence-corrected chi connectivity index (χ4v) is 5.87. The van der Waals surface area contributed by atoms with Crippen molar-refractivity contribution in [2.45, 2.75) is 103 Å². The van der Waals surface area contributed by atoms with Gasteiger partial charge >= 0.3 is 11.9 Å². The van der Waals surface area contributed by atoms with Gasteiger partial charge in [-0.25, -0.2) is 0 Å². The summed E-state index contributed by atoms with van der Waals surface area (Å²) in [4.78, 5) is 31.1. The third kappa shape index (κ3) is 6.81. The van der Waals surface area contributed by atoms with E-state index >= 15 is 0 Å². The van der Waals surface area contributed by atoms with Gasteiger partial charge in [-0.3, -0.25) is 4.79 Å². The molecule has 0 saturated carbocycles. The summed E-state index contributed by atoms with van der Waals surface area (Å²) >= 11 is 0. The van der Waals surface area contributed by atoms with Crippen LogP contribution in [0, 0.1) is 19.3 Å². The molecule has 0 aromatic heterocycles. The Hall–Kier alpha value is -1.35. The minimum absolute atomic E-state index is 0. The van der Waals surface area contributed by atoms with Gasteiger partial charge in [0.05, 0.1) is 20.1 Å². The van der Waals surface area contributed by atoms with Crippen LogP contribution >= 0.6 is 0 Å². The van der Waals surface area contributed by atoms with Crippen LogP contribution in [0.15, 0.2) is 0 Å². The molecule has 31 heavy (non-hydrogen) atoms. The monoisotopic (exact) mass is 446 g/mol. The first-order valence-corrected chi connectivity index (χ1v) is 10.6. The summed E-state index contributed by atoms with van der Waals surface area (Å²) in [5.41, 5.74) is -0.866. The first-order chi connectivity index (χ1) is 13.4. The van der Waals surface area contributed by atoms with Crippen molar-refractivity contribution < 1.29 is 29.5 Å². The van der Waals surface area contributed by atoms with Crippen LogP contribution in [0.2, 0.25) is 0 Å². The van der Waals surface area contributed by atoms with E-state index in [1.165, 1.54) is 0 Å². The standard InChI is InChI=1S/2C11H21NO3.CH3/c2*1-10(2)6-8(9(13)14)7-11(3,4)12(10)15-5;/h2*8H,6-7H2,1-5H3,(H,13,14);1H3/q;;+1/p+1. The lowest BCUT2D eigenvalue weighted by Crippen LogP contribution is -2.60. The molecule has 0 aliphatic carbocycles. The fraction of sp³-hybridized carbons (Fsp3) is 0.870. The third-order valence-corrected chi connectivity index (χ3v) is 6.26. The lowest BCUT2D eigenvalue weighted by Gasteiger charge is -2.52. The average molecular weight is 447 g/mol. The van der Waals surface area contributed by atoms with Gasteiger partial charge in [-0.1, -0.05) is 0 Å². The predicted octanol–water partition coefficient (Wildman–Crippen LogP) is 4.23. The molecule has 0 aromatic carbocycles. The minimum Gasteiger partial charge on any atom is -0.481 e. The second kappa shape index (κ2) is 10.1. The first kappa shape index (κ1) is 29.7. The van der Waals surface area contributed by atoms with E-state index < -0.39 is 11.9 Å². The predicted molar refractivity (Wildman–Crippen MR) is 123 cm³/mol. The quantitative estimate of drug-likeness (QED) is 0.492. The van der Waals surface area contributed by atoms with Crippen LogP contribution in [-0.2, 0) is 14.5 Å². The third-order valence-electron chi connectivity index (χ3n) is 6.26. The smallest absolute Gasteiger partial charge is 0.481 e. The lowest BCUT2D eigenvalue weighted by atomic mass is 9.75. The van der Waals surface area contributed by atoms with Gasteiger partial charge in [-0.05, 0) is 81.1 Å². The summed E-state index contributed by atoms with van der Waals surface area (Å²) in [6.07, 6.45) is 2.62. The van der Waals surface area contributed by atoms with E-state index in [0.29, 0.717) is 25.7 Å². The number of hydrogen-bond acceptors (Lipinski definition) is 5. The molecular weight excluding hydrogens is 400 g/mol. The molecule has 8 heteroatoms. The van der Waals surface area contributed by atoms with Crippen LogP contribution in [0.3, 0.4) is 0 Å². The number of hydroxylamine groups is 4. The van der Waals surface area contributed by atoms with Crippen LogP contribution < -0.4 is 0 Å². The Morgan fingerprint density at radius 1 is 0.742 bits per heavy atom. The molecule has 3 N–H and O–H groups in total. The molecule has 0 aromatic rings. The molecule has 182 valence electrons. The number of aliphatic carboxylic acids is 2. The van der Waals surface area contributed by atoms with Crippen molar-refractivity contribution in [1.82, 2.24) is 10.1 Å². The highest BCUT2D eigenvalue weighted by atomic mass is 16.7. The SMILES string of the molecule is CON1C(C)(C)CC(C(=O)O)CC1(C)C.CON1C(C)(C)CC(C(O)=[OH+])CC1(C)C.[CH3+]. The Morgan fingerprint density at radius 2 is 1.00 bits per heavy atom. The van der Waals surface area contributed by atoms with Gasteiger partial charge in [0, 0.05) is 29.6 Å². The van der Waals surface area contributed by atoms with Crippen LogP contribution in [0.4, 0.5) is 0 Å². The van der Waals surface area contributed by atoms with Gasteiger partial charge in [0.1, 0.15) is 5.92 Å². The number of hydrogen-bond donors (Lipinski definition) is 2. The maximum Gasteiger partial charge on any atom is 0.483 e. The van der Waals surface area contributed by atoms with Crippen molar-refractivity contribution in [2.24, 2.45) is 11.8 Å². The maximum absolute atomic E-state index is 11.1. The van der Waals surface area contributed by atoms with Gasteiger partial charge in [0.2, 0.25) is 0 Å². The second-order valence-electron chi connectivity index (χ2n) is 11.1. The van der Waals surface area contributed by atoms with Crippen LogP contribution in [0.5, 0.6) is 0 Å². The molecule has 8 nitrogen and oxygen atoms in total.